The molecule has 1 aliphatic heterocycles. The summed E-state index contributed by atoms with van der Waals surface area (Å²) in [5.41, 5.74) is 5.18. The van der Waals surface area contributed by atoms with E-state index < -0.39 is 0 Å². The molecule has 0 spiro atoms. The minimum Gasteiger partial charge on any atom is -0.383 e. The van der Waals surface area contributed by atoms with Crippen LogP contribution in [0.1, 0.15) is 54.0 Å². The van der Waals surface area contributed by atoms with Crippen molar-refractivity contribution in [2.45, 2.75) is 45.3 Å². The summed E-state index contributed by atoms with van der Waals surface area (Å²) in [5, 5.41) is 7.68. The van der Waals surface area contributed by atoms with Crippen LogP contribution < -0.4 is 10.2 Å². The largest absolute Gasteiger partial charge is 0.383 e. The molecule has 7 nitrogen and oxygen atoms in total. The van der Waals surface area contributed by atoms with Crippen LogP contribution in [0.25, 0.3) is 5.69 Å². The number of hydrogen-bond donors (Lipinski definition) is 1. The number of carbonyl (C=O) groups is 2. The van der Waals surface area contributed by atoms with Crippen molar-refractivity contribution in [1.82, 2.24) is 15.1 Å². The van der Waals surface area contributed by atoms with E-state index in [2.05, 4.69) is 26.1 Å². The Kier molecular flexibility index (Phi) is 8.28. The number of anilines is 1. The van der Waals surface area contributed by atoms with Gasteiger partial charge in [0.15, 0.2) is 0 Å². The number of aromatic nitrogens is 2. The summed E-state index contributed by atoms with van der Waals surface area (Å²) < 4.78 is 20.7. The maximum absolute atomic E-state index is 13.9. The van der Waals surface area contributed by atoms with Gasteiger partial charge in [-0.2, -0.15) is 5.10 Å². The van der Waals surface area contributed by atoms with Crippen LogP contribution in [0.2, 0.25) is 0 Å². The van der Waals surface area contributed by atoms with E-state index in [0.717, 1.165) is 33.6 Å². The second kappa shape index (κ2) is 11.3. The van der Waals surface area contributed by atoms with Gasteiger partial charge in [-0.15, -0.1) is 11.8 Å². The fourth-order valence-electron chi connectivity index (χ4n) is 4.60. The molecule has 38 heavy (non-hydrogen) atoms. The molecule has 3 aromatic rings. The number of rotatable bonds is 7. The first-order chi connectivity index (χ1) is 18.0. The van der Waals surface area contributed by atoms with Crippen LogP contribution in [-0.4, -0.2) is 54.2 Å². The maximum Gasteiger partial charge on any atom is 0.240 e. The van der Waals surface area contributed by atoms with Gasteiger partial charge in [-0.25, -0.2) is 9.07 Å². The smallest absolute Gasteiger partial charge is 0.240 e. The van der Waals surface area contributed by atoms with Crippen LogP contribution in [0.3, 0.4) is 0 Å². The molecule has 4 rings (SSSR count). The molecule has 0 unspecified atom stereocenters. The van der Waals surface area contributed by atoms with E-state index in [-0.39, 0.29) is 40.6 Å². The summed E-state index contributed by atoms with van der Waals surface area (Å²) >= 11 is 1.47. The second-order valence-electron chi connectivity index (χ2n) is 10.5. The Morgan fingerprint density at radius 3 is 2.55 bits per heavy atom. The zero-order chi connectivity index (χ0) is 27.6. The lowest BCUT2D eigenvalue weighted by molar-refractivity contribution is -0.123. The number of methoxy groups -OCH3 is 1. The van der Waals surface area contributed by atoms with Gasteiger partial charge in [0.2, 0.25) is 11.8 Å². The molecule has 0 radical (unpaired) electrons. The van der Waals surface area contributed by atoms with E-state index in [0.29, 0.717) is 19.0 Å². The fourth-order valence-corrected chi connectivity index (χ4v) is 5.80. The fraction of sp³-hybridized carbons (Fsp3) is 0.414. The van der Waals surface area contributed by atoms with Crippen molar-refractivity contribution in [2.24, 2.45) is 0 Å². The Bertz CT molecular complexity index is 1330. The number of thioether (sulfide) groups is 1. The number of nitrogens with zero attached hydrogens (tertiary/aromatic N) is 3. The van der Waals surface area contributed by atoms with Gasteiger partial charge in [-0.05, 0) is 48.7 Å². The number of aryl methyl sites for hydroxylation is 1. The van der Waals surface area contributed by atoms with E-state index in [1.165, 1.54) is 23.9 Å². The van der Waals surface area contributed by atoms with E-state index in [4.69, 9.17) is 9.84 Å². The Morgan fingerprint density at radius 1 is 1.18 bits per heavy atom. The molecule has 2 amide bonds. The van der Waals surface area contributed by atoms with Gasteiger partial charge >= 0.3 is 0 Å². The van der Waals surface area contributed by atoms with E-state index in [1.807, 2.05) is 36.7 Å². The van der Waals surface area contributed by atoms with Crippen molar-refractivity contribution >= 4 is 29.4 Å². The van der Waals surface area contributed by atoms with Gasteiger partial charge in [0.25, 0.3) is 0 Å². The van der Waals surface area contributed by atoms with Crippen LogP contribution >= 0.6 is 11.8 Å². The maximum atomic E-state index is 13.9. The van der Waals surface area contributed by atoms with Crippen molar-refractivity contribution in [2.75, 3.05) is 37.5 Å². The summed E-state index contributed by atoms with van der Waals surface area (Å²) in [5.74, 6) is -0.0411. The first-order valence-corrected chi connectivity index (χ1v) is 13.7. The van der Waals surface area contributed by atoms with Gasteiger partial charge in [0.05, 0.1) is 29.0 Å². The molecule has 1 aliphatic rings. The Labute approximate surface area is 227 Å². The topological polar surface area (TPSA) is 76.5 Å². The van der Waals surface area contributed by atoms with Gasteiger partial charge < -0.3 is 10.1 Å². The van der Waals surface area contributed by atoms with Gasteiger partial charge in [0.1, 0.15) is 18.2 Å². The van der Waals surface area contributed by atoms with E-state index in [9.17, 15) is 14.0 Å². The molecule has 1 atom stereocenters. The highest BCUT2D eigenvalue weighted by Gasteiger charge is 2.40. The minimum absolute atomic E-state index is 0.146. The molecule has 0 saturated carbocycles. The molecule has 9 heteroatoms. The van der Waals surface area contributed by atoms with Crippen LogP contribution in [-0.2, 0) is 19.7 Å². The van der Waals surface area contributed by atoms with Crippen LogP contribution in [0.5, 0.6) is 0 Å². The highest BCUT2D eigenvalue weighted by Crippen LogP contribution is 2.48. The third-order valence-corrected chi connectivity index (χ3v) is 7.96. The molecule has 202 valence electrons. The van der Waals surface area contributed by atoms with E-state index in [1.54, 1.807) is 24.1 Å². The standard InChI is InChI=1S/C29H35FN4O3S/c1-18-8-7-9-22(19(18)2)34-28-25(27(32-34)29(3,4)5)26(20-10-12-21(30)13-11-20)38-17-24(36)33(28)16-23(35)31-14-15-37-6/h7-13,26H,14-17H2,1-6H3,(H,31,35)/t26-/m0/s1. The Hall–Kier alpha value is -3.17. The monoisotopic (exact) mass is 538 g/mol. The number of amides is 2. The van der Waals surface area contributed by atoms with Crippen LogP contribution in [0, 0.1) is 19.7 Å². The quantitative estimate of drug-likeness (QED) is 0.435. The second-order valence-corrected chi connectivity index (χ2v) is 11.6. The van der Waals surface area contributed by atoms with E-state index >= 15 is 0 Å². The molecule has 1 aromatic heterocycles. The average molecular weight is 539 g/mol. The molecule has 0 saturated heterocycles. The summed E-state index contributed by atoms with van der Waals surface area (Å²) in [6, 6.07) is 12.4. The number of fused-ring (bicyclic) bond motifs is 1. The first-order valence-electron chi connectivity index (χ1n) is 12.7. The lowest BCUT2D eigenvalue weighted by atomic mass is 9.87. The number of carbonyl (C=O) groups excluding carboxylic acids is 2. The predicted molar refractivity (Wildman–Crippen MR) is 150 cm³/mol. The molecule has 1 N–H and O–H groups in total. The summed E-state index contributed by atoms with van der Waals surface area (Å²) in [4.78, 5) is 28.2. The number of benzene rings is 2. The van der Waals surface area contributed by atoms with Gasteiger partial charge in [-0.3, -0.25) is 14.5 Å². The third kappa shape index (κ3) is 5.63. The molecule has 2 heterocycles. The SMILES string of the molecule is COCCNC(=O)CN1C(=O)CS[C@@H](c2ccc(F)cc2)c2c(C(C)(C)C)nn(-c3cccc(C)c3C)c21. The first kappa shape index (κ1) is 27.9. The average Bonchev–Trinajstić information content (AvgIpc) is 3.20. The minimum atomic E-state index is -0.369. The van der Waals surface area contributed by atoms with Gasteiger partial charge in [-0.1, -0.05) is 45.0 Å². The third-order valence-electron chi connectivity index (χ3n) is 6.71. The summed E-state index contributed by atoms with van der Waals surface area (Å²) in [6.45, 7) is 10.9. The van der Waals surface area contributed by atoms with Crippen molar-refractivity contribution in [3.63, 3.8) is 0 Å². The molecule has 0 aliphatic carbocycles. The number of hydrogen-bond acceptors (Lipinski definition) is 5. The zero-order valence-electron chi connectivity index (χ0n) is 22.8. The van der Waals surface area contributed by atoms with Crippen molar-refractivity contribution in [3.05, 3.63) is 76.2 Å². The Morgan fingerprint density at radius 2 is 1.89 bits per heavy atom. The van der Waals surface area contributed by atoms with Gasteiger partial charge in [0, 0.05) is 24.6 Å². The molecular formula is C29H35FN4O3S. The van der Waals surface area contributed by atoms with Crippen molar-refractivity contribution in [3.8, 4) is 5.69 Å². The highest BCUT2D eigenvalue weighted by atomic mass is 32.2. The highest BCUT2D eigenvalue weighted by molar-refractivity contribution is 8.00. The van der Waals surface area contributed by atoms with Crippen LogP contribution in [0.4, 0.5) is 10.2 Å². The summed E-state index contributed by atoms with van der Waals surface area (Å²) in [6.07, 6.45) is 0. The molecule has 0 bridgehead atoms. The van der Waals surface area contributed by atoms with Crippen molar-refractivity contribution < 1.29 is 18.7 Å². The lowest BCUT2D eigenvalue weighted by Gasteiger charge is -2.25. The number of nitrogens with one attached hydrogen (secondary N) is 1. The normalized spacial score (nSPS) is 15.8. The molecular weight excluding hydrogens is 503 g/mol. The van der Waals surface area contributed by atoms with Crippen LogP contribution in [0.15, 0.2) is 42.5 Å². The lowest BCUT2D eigenvalue weighted by Crippen LogP contribution is -2.43. The number of halogens is 1. The Balaban J connectivity index is 1.98. The zero-order valence-corrected chi connectivity index (χ0v) is 23.6. The van der Waals surface area contributed by atoms with Crippen molar-refractivity contribution in [1.29, 1.82) is 0 Å². The number of ether oxygens (including phenoxy) is 1. The summed E-state index contributed by atoms with van der Waals surface area (Å²) in [7, 11) is 1.57. The molecule has 0 fully saturated rings. The predicted octanol–water partition coefficient (Wildman–Crippen LogP) is 4.86. The molecule has 2 aromatic carbocycles.